The van der Waals surface area contributed by atoms with Crippen molar-refractivity contribution in [3.8, 4) is 11.9 Å². The molecule has 26 heavy (non-hydrogen) atoms. The van der Waals surface area contributed by atoms with Crippen molar-refractivity contribution in [1.29, 1.82) is 5.26 Å². The van der Waals surface area contributed by atoms with Gasteiger partial charge in [0.05, 0.1) is 22.3 Å². The number of pyridine rings is 1. The maximum atomic E-state index is 12.4. The van der Waals surface area contributed by atoms with E-state index in [1.54, 1.807) is 41.1 Å². The highest BCUT2D eigenvalue weighted by Crippen LogP contribution is 2.19. The van der Waals surface area contributed by atoms with Crippen LogP contribution in [0.15, 0.2) is 42.5 Å². The molecule has 0 aliphatic rings. The Morgan fingerprint density at radius 3 is 2.73 bits per heavy atom. The fourth-order valence-corrected chi connectivity index (χ4v) is 2.70. The molecular formula is C19H15ClN4O2. The lowest BCUT2D eigenvalue weighted by atomic mass is 10.1. The van der Waals surface area contributed by atoms with Crippen molar-refractivity contribution >= 4 is 17.6 Å². The maximum Gasteiger partial charge on any atom is 0.358 e. The Labute approximate surface area is 155 Å². The van der Waals surface area contributed by atoms with E-state index < -0.39 is 5.97 Å². The fourth-order valence-electron chi connectivity index (χ4n) is 2.52. The Balaban J connectivity index is 1.84. The van der Waals surface area contributed by atoms with Crippen LogP contribution < -0.4 is 0 Å². The summed E-state index contributed by atoms with van der Waals surface area (Å²) < 4.78 is 6.93. The first-order chi connectivity index (χ1) is 12.5. The molecule has 0 fully saturated rings. The Morgan fingerprint density at radius 2 is 2.04 bits per heavy atom. The van der Waals surface area contributed by atoms with E-state index in [2.05, 4.69) is 16.2 Å². The Hall–Kier alpha value is -3.17. The van der Waals surface area contributed by atoms with Crippen molar-refractivity contribution in [3.63, 3.8) is 0 Å². The van der Waals surface area contributed by atoms with Crippen LogP contribution in [0.25, 0.3) is 5.82 Å². The minimum absolute atomic E-state index is 0.00570. The van der Waals surface area contributed by atoms with E-state index >= 15 is 0 Å². The van der Waals surface area contributed by atoms with E-state index in [-0.39, 0.29) is 17.3 Å². The number of hydrogen-bond donors (Lipinski definition) is 0. The van der Waals surface area contributed by atoms with Crippen LogP contribution in [0.2, 0.25) is 5.02 Å². The van der Waals surface area contributed by atoms with Crippen LogP contribution in [0.3, 0.4) is 0 Å². The van der Waals surface area contributed by atoms with Gasteiger partial charge in [-0.3, -0.25) is 0 Å². The van der Waals surface area contributed by atoms with Crippen molar-refractivity contribution in [2.45, 2.75) is 20.5 Å². The lowest BCUT2D eigenvalue weighted by Gasteiger charge is -2.09. The van der Waals surface area contributed by atoms with Gasteiger partial charge in [0, 0.05) is 11.3 Å². The molecule has 130 valence electrons. The molecule has 3 aromatic rings. The number of aromatic nitrogens is 3. The van der Waals surface area contributed by atoms with Crippen LogP contribution in [-0.4, -0.2) is 20.7 Å². The summed E-state index contributed by atoms with van der Waals surface area (Å²) in [6.07, 6.45) is 0. The van der Waals surface area contributed by atoms with Crippen LogP contribution in [0, 0.1) is 25.2 Å². The molecule has 0 unspecified atom stereocenters. The number of aryl methyl sites for hydroxylation is 2. The smallest absolute Gasteiger partial charge is 0.358 e. The van der Waals surface area contributed by atoms with Crippen LogP contribution in [-0.2, 0) is 11.3 Å². The lowest BCUT2D eigenvalue weighted by molar-refractivity contribution is 0.0465. The van der Waals surface area contributed by atoms with Gasteiger partial charge in [-0.05, 0) is 38.1 Å². The number of esters is 1. The van der Waals surface area contributed by atoms with Crippen molar-refractivity contribution in [2.75, 3.05) is 0 Å². The number of carbonyl (C=O) groups excluding carboxylic acids is 1. The van der Waals surface area contributed by atoms with Gasteiger partial charge in [-0.1, -0.05) is 29.8 Å². The first kappa shape index (κ1) is 17.6. The number of carbonyl (C=O) groups is 1. The molecule has 0 bridgehead atoms. The van der Waals surface area contributed by atoms with Gasteiger partial charge in [0.15, 0.2) is 11.5 Å². The zero-order valence-electron chi connectivity index (χ0n) is 14.2. The van der Waals surface area contributed by atoms with Crippen LogP contribution in [0.4, 0.5) is 0 Å². The molecule has 2 heterocycles. The number of halogens is 1. The molecule has 0 aliphatic carbocycles. The molecule has 0 amide bonds. The molecule has 0 aliphatic heterocycles. The number of nitriles is 1. The fraction of sp³-hybridized carbons (Fsp3) is 0.158. The Morgan fingerprint density at radius 1 is 1.27 bits per heavy atom. The van der Waals surface area contributed by atoms with E-state index in [1.165, 1.54) is 0 Å². The second-order valence-electron chi connectivity index (χ2n) is 5.68. The van der Waals surface area contributed by atoms with Crippen LogP contribution >= 0.6 is 11.6 Å². The first-order valence-electron chi connectivity index (χ1n) is 7.85. The van der Waals surface area contributed by atoms with Gasteiger partial charge >= 0.3 is 5.97 Å². The predicted octanol–water partition coefficient (Wildman–Crippen LogP) is 3.77. The molecule has 6 nitrogen and oxygen atoms in total. The average Bonchev–Trinajstić information content (AvgIpc) is 2.98. The van der Waals surface area contributed by atoms with E-state index in [0.717, 1.165) is 11.4 Å². The van der Waals surface area contributed by atoms with Crippen molar-refractivity contribution in [1.82, 2.24) is 14.8 Å². The molecular weight excluding hydrogens is 352 g/mol. The third-order valence-electron chi connectivity index (χ3n) is 3.75. The molecule has 0 N–H and O–H groups in total. The summed E-state index contributed by atoms with van der Waals surface area (Å²) in [7, 11) is 0. The maximum absolute atomic E-state index is 12.4. The molecule has 0 atom stereocenters. The van der Waals surface area contributed by atoms with E-state index in [4.69, 9.17) is 21.6 Å². The highest BCUT2D eigenvalue weighted by molar-refractivity contribution is 6.33. The highest BCUT2D eigenvalue weighted by Gasteiger charge is 2.17. The van der Waals surface area contributed by atoms with Crippen molar-refractivity contribution in [2.24, 2.45) is 0 Å². The summed E-state index contributed by atoms with van der Waals surface area (Å²) in [6.45, 7) is 3.74. The quantitative estimate of drug-likeness (QED) is 0.656. The minimum Gasteiger partial charge on any atom is -0.456 e. The number of rotatable bonds is 4. The monoisotopic (exact) mass is 366 g/mol. The van der Waals surface area contributed by atoms with Gasteiger partial charge < -0.3 is 4.74 Å². The minimum atomic E-state index is -0.661. The molecule has 0 saturated heterocycles. The van der Waals surface area contributed by atoms with Gasteiger partial charge in [0.1, 0.15) is 6.61 Å². The number of nitrogens with zero attached hydrogens (tertiary/aromatic N) is 4. The van der Waals surface area contributed by atoms with Gasteiger partial charge in [-0.15, -0.1) is 0 Å². The lowest BCUT2D eigenvalue weighted by Crippen LogP contribution is -2.12. The second kappa shape index (κ2) is 7.38. The number of benzene rings is 1. The van der Waals surface area contributed by atoms with E-state index in [1.807, 2.05) is 19.9 Å². The Kier molecular flexibility index (Phi) is 5.01. The zero-order valence-corrected chi connectivity index (χ0v) is 15.0. The number of hydrogen-bond acceptors (Lipinski definition) is 5. The SMILES string of the molecule is Cc1cc(C)n(-c2ccc(Cl)c(C(=O)OCc3ccccc3C#N)n2)n1. The highest BCUT2D eigenvalue weighted by atomic mass is 35.5. The van der Waals surface area contributed by atoms with Gasteiger partial charge in [0.2, 0.25) is 0 Å². The summed E-state index contributed by atoms with van der Waals surface area (Å²) in [5, 5.41) is 13.6. The summed E-state index contributed by atoms with van der Waals surface area (Å²) in [5.41, 5.74) is 2.81. The van der Waals surface area contributed by atoms with Crippen molar-refractivity contribution < 1.29 is 9.53 Å². The normalized spacial score (nSPS) is 10.4. The third kappa shape index (κ3) is 3.58. The summed E-state index contributed by atoms with van der Waals surface area (Å²) in [5.74, 6) is -0.185. The van der Waals surface area contributed by atoms with Crippen LogP contribution in [0.5, 0.6) is 0 Å². The third-order valence-corrected chi connectivity index (χ3v) is 4.05. The zero-order chi connectivity index (χ0) is 18.7. The first-order valence-corrected chi connectivity index (χ1v) is 8.22. The van der Waals surface area contributed by atoms with Gasteiger partial charge in [0.25, 0.3) is 0 Å². The molecule has 0 saturated carbocycles. The summed E-state index contributed by atoms with van der Waals surface area (Å²) in [4.78, 5) is 16.7. The predicted molar refractivity (Wildman–Crippen MR) is 96.1 cm³/mol. The second-order valence-corrected chi connectivity index (χ2v) is 6.09. The van der Waals surface area contributed by atoms with Gasteiger partial charge in [-0.2, -0.15) is 10.4 Å². The summed E-state index contributed by atoms with van der Waals surface area (Å²) >= 11 is 6.12. The van der Waals surface area contributed by atoms with Crippen molar-refractivity contribution in [3.05, 3.63) is 75.7 Å². The molecule has 0 spiro atoms. The van der Waals surface area contributed by atoms with Crippen LogP contribution in [0.1, 0.15) is 33.0 Å². The summed E-state index contributed by atoms with van der Waals surface area (Å²) in [6, 6.07) is 14.2. The molecule has 0 radical (unpaired) electrons. The molecule has 7 heteroatoms. The molecule has 1 aromatic carbocycles. The average molecular weight is 367 g/mol. The topological polar surface area (TPSA) is 80.8 Å². The van der Waals surface area contributed by atoms with E-state index in [0.29, 0.717) is 16.9 Å². The van der Waals surface area contributed by atoms with E-state index in [9.17, 15) is 4.79 Å². The Bertz CT molecular complexity index is 1020. The molecule has 2 aromatic heterocycles. The molecule has 3 rings (SSSR count). The standard InChI is InChI=1S/C19H15ClN4O2/c1-12-9-13(2)24(23-12)17-8-7-16(20)18(22-17)19(25)26-11-15-6-4-3-5-14(15)10-21/h3-9H,11H2,1-2H3. The number of ether oxygens (including phenoxy) is 1. The van der Waals surface area contributed by atoms with Gasteiger partial charge in [-0.25, -0.2) is 14.5 Å². The largest absolute Gasteiger partial charge is 0.456 e.